The molecule has 2 nitrogen and oxygen atoms in total. The number of allylic oxidation sites excluding steroid dienone is 2. The van der Waals surface area contributed by atoms with Crippen molar-refractivity contribution in [2.24, 2.45) is 10.7 Å². The third kappa shape index (κ3) is 1.65. The van der Waals surface area contributed by atoms with E-state index in [0.29, 0.717) is 12.3 Å². The van der Waals surface area contributed by atoms with E-state index < -0.39 is 5.92 Å². The fourth-order valence-corrected chi connectivity index (χ4v) is 0.516. The highest BCUT2D eigenvalue weighted by molar-refractivity contribution is 5.70. The van der Waals surface area contributed by atoms with Crippen LogP contribution in [0.15, 0.2) is 29.0 Å². The van der Waals surface area contributed by atoms with Crippen LogP contribution in [0.2, 0.25) is 0 Å². The normalized spacial score (nSPS) is 22.0. The molecule has 0 unspecified atom stereocenters. The van der Waals surface area contributed by atoms with E-state index in [-0.39, 0.29) is 5.70 Å². The average molecular weight is 144 g/mol. The standard InChI is InChI=1S/C6H6F2N2/c7-6(8)2-1-5(9)3-10-4-6/h1-4H,9H2. The highest BCUT2D eigenvalue weighted by Gasteiger charge is 2.22. The van der Waals surface area contributed by atoms with Crippen LogP contribution in [0.25, 0.3) is 0 Å². The molecule has 0 aromatic heterocycles. The molecule has 0 bridgehead atoms. The Morgan fingerprint density at radius 2 is 2.20 bits per heavy atom. The predicted octanol–water partition coefficient (Wildman–Crippen LogP) is 1.06. The Morgan fingerprint density at radius 1 is 1.50 bits per heavy atom. The van der Waals surface area contributed by atoms with Gasteiger partial charge in [0, 0.05) is 11.9 Å². The summed E-state index contributed by atoms with van der Waals surface area (Å²) in [6.07, 6.45) is 3.56. The molecule has 0 fully saturated rings. The Balaban J connectivity index is 2.88. The second kappa shape index (κ2) is 2.21. The maximum Gasteiger partial charge on any atom is 0.301 e. The first-order valence-electron chi connectivity index (χ1n) is 2.67. The molecule has 0 amide bonds. The summed E-state index contributed by atoms with van der Waals surface area (Å²) in [6, 6.07) is 0. The first kappa shape index (κ1) is 6.92. The molecule has 10 heavy (non-hydrogen) atoms. The van der Waals surface area contributed by atoms with E-state index >= 15 is 0 Å². The molecule has 1 rings (SSSR count). The highest BCUT2D eigenvalue weighted by Crippen LogP contribution is 2.14. The lowest BCUT2D eigenvalue weighted by molar-refractivity contribution is 0.140. The van der Waals surface area contributed by atoms with Gasteiger partial charge >= 0.3 is 5.92 Å². The zero-order valence-electron chi connectivity index (χ0n) is 5.09. The van der Waals surface area contributed by atoms with Crippen molar-refractivity contribution in [1.82, 2.24) is 0 Å². The number of aliphatic imine (C=N–C) groups is 1. The van der Waals surface area contributed by atoms with Gasteiger partial charge in [-0.3, -0.25) is 4.99 Å². The maximum atomic E-state index is 12.3. The van der Waals surface area contributed by atoms with Crippen LogP contribution in [0.5, 0.6) is 0 Å². The lowest BCUT2D eigenvalue weighted by atomic mass is 10.3. The van der Waals surface area contributed by atoms with Crippen LogP contribution in [-0.4, -0.2) is 12.1 Å². The van der Waals surface area contributed by atoms with E-state index in [2.05, 4.69) is 4.99 Å². The maximum absolute atomic E-state index is 12.3. The highest BCUT2D eigenvalue weighted by atomic mass is 19.3. The van der Waals surface area contributed by atoms with Gasteiger partial charge in [0.1, 0.15) is 0 Å². The minimum atomic E-state index is -2.96. The van der Waals surface area contributed by atoms with Crippen LogP contribution in [0.1, 0.15) is 0 Å². The van der Waals surface area contributed by atoms with E-state index in [1.165, 1.54) is 6.20 Å². The smallest absolute Gasteiger partial charge is 0.301 e. The van der Waals surface area contributed by atoms with Gasteiger partial charge in [0.25, 0.3) is 0 Å². The molecule has 1 heterocycles. The average Bonchev–Trinajstić information content (AvgIpc) is 1.94. The molecule has 2 N–H and O–H groups in total. The Labute approximate surface area is 56.7 Å². The fraction of sp³-hybridized carbons (Fsp3) is 0.167. The van der Waals surface area contributed by atoms with Gasteiger partial charge in [-0.05, 0) is 12.2 Å². The summed E-state index contributed by atoms with van der Waals surface area (Å²) in [5.74, 6) is -2.96. The number of hydrogen-bond donors (Lipinski definition) is 1. The largest absolute Gasteiger partial charge is 0.397 e. The van der Waals surface area contributed by atoms with Gasteiger partial charge in [0.05, 0.1) is 6.21 Å². The summed E-state index contributed by atoms with van der Waals surface area (Å²) in [5, 5.41) is 0. The van der Waals surface area contributed by atoms with E-state index in [1.54, 1.807) is 0 Å². The van der Waals surface area contributed by atoms with Gasteiger partial charge in [-0.15, -0.1) is 0 Å². The van der Waals surface area contributed by atoms with Crippen LogP contribution < -0.4 is 5.73 Å². The Morgan fingerprint density at radius 3 is 2.90 bits per heavy atom. The number of nitrogens with two attached hydrogens (primary N) is 1. The van der Waals surface area contributed by atoms with Crippen LogP contribution in [-0.2, 0) is 0 Å². The molecular weight excluding hydrogens is 138 g/mol. The number of nitrogens with zero attached hydrogens (tertiary/aromatic N) is 1. The number of halogens is 2. The lowest BCUT2D eigenvalue weighted by Gasteiger charge is -2.00. The molecule has 4 heteroatoms. The Hall–Kier alpha value is -1.19. The lowest BCUT2D eigenvalue weighted by Crippen LogP contribution is -2.12. The summed E-state index contributed by atoms with van der Waals surface area (Å²) in [5.41, 5.74) is 5.41. The van der Waals surface area contributed by atoms with Crippen molar-refractivity contribution < 1.29 is 8.78 Å². The predicted molar refractivity (Wildman–Crippen MR) is 34.8 cm³/mol. The SMILES string of the molecule is NC1=CN=CC(F)(F)C=C1. The molecule has 1 aliphatic heterocycles. The second-order valence-corrected chi connectivity index (χ2v) is 1.92. The molecule has 0 aromatic rings. The molecule has 0 radical (unpaired) electrons. The summed E-state index contributed by atoms with van der Waals surface area (Å²) >= 11 is 0. The second-order valence-electron chi connectivity index (χ2n) is 1.92. The molecule has 0 saturated carbocycles. The minimum absolute atomic E-state index is 0.230. The summed E-state index contributed by atoms with van der Waals surface area (Å²) in [6.45, 7) is 0. The van der Waals surface area contributed by atoms with Gasteiger partial charge in [0.15, 0.2) is 0 Å². The molecule has 0 aliphatic carbocycles. The van der Waals surface area contributed by atoms with Crippen LogP contribution in [0.3, 0.4) is 0 Å². The van der Waals surface area contributed by atoms with Crippen molar-refractivity contribution in [1.29, 1.82) is 0 Å². The summed E-state index contributed by atoms with van der Waals surface area (Å²) in [7, 11) is 0. The first-order chi connectivity index (χ1) is 4.60. The molecule has 0 spiro atoms. The molecule has 0 atom stereocenters. The van der Waals surface area contributed by atoms with Crippen molar-refractivity contribution in [3.05, 3.63) is 24.0 Å². The topological polar surface area (TPSA) is 38.4 Å². The molecular formula is C6H6F2N2. The molecule has 0 saturated heterocycles. The van der Waals surface area contributed by atoms with E-state index in [9.17, 15) is 8.78 Å². The van der Waals surface area contributed by atoms with E-state index in [0.717, 1.165) is 6.08 Å². The van der Waals surface area contributed by atoms with Crippen LogP contribution >= 0.6 is 0 Å². The summed E-state index contributed by atoms with van der Waals surface area (Å²) in [4.78, 5) is 3.28. The van der Waals surface area contributed by atoms with Crippen molar-refractivity contribution in [2.45, 2.75) is 5.92 Å². The third-order valence-corrected chi connectivity index (χ3v) is 0.968. The Bertz CT molecular complexity index is 216. The van der Waals surface area contributed by atoms with E-state index in [4.69, 9.17) is 5.73 Å². The molecule has 1 aliphatic rings. The van der Waals surface area contributed by atoms with Gasteiger partial charge in [-0.2, -0.15) is 8.78 Å². The fourth-order valence-electron chi connectivity index (χ4n) is 0.516. The third-order valence-electron chi connectivity index (χ3n) is 0.968. The monoisotopic (exact) mass is 144 g/mol. The quantitative estimate of drug-likeness (QED) is 0.542. The van der Waals surface area contributed by atoms with Gasteiger partial charge < -0.3 is 5.73 Å². The first-order valence-corrected chi connectivity index (χ1v) is 2.67. The van der Waals surface area contributed by atoms with Gasteiger partial charge in [-0.1, -0.05) is 0 Å². The van der Waals surface area contributed by atoms with Crippen molar-refractivity contribution in [3.63, 3.8) is 0 Å². The Kier molecular flexibility index (Phi) is 1.53. The van der Waals surface area contributed by atoms with Gasteiger partial charge in [0.2, 0.25) is 0 Å². The number of rotatable bonds is 0. The van der Waals surface area contributed by atoms with E-state index in [1.807, 2.05) is 0 Å². The molecule has 0 aromatic carbocycles. The zero-order chi connectivity index (χ0) is 7.61. The number of hydrogen-bond acceptors (Lipinski definition) is 2. The van der Waals surface area contributed by atoms with Crippen molar-refractivity contribution in [3.8, 4) is 0 Å². The minimum Gasteiger partial charge on any atom is -0.397 e. The number of alkyl halides is 2. The van der Waals surface area contributed by atoms with Crippen molar-refractivity contribution >= 4 is 6.21 Å². The van der Waals surface area contributed by atoms with Crippen molar-refractivity contribution in [2.75, 3.05) is 0 Å². The van der Waals surface area contributed by atoms with Crippen LogP contribution in [0.4, 0.5) is 8.78 Å². The van der Waals surface area contributed by atoms with Gasteiger partial charge in [-0.25, -0.2) is 0 Å². The molecule has 54 valence electrons. The zero-order valence-corrected chi connectivity index (χ0v) is 5.09. The summed E-state index contributed by atoms with van der Waals surface area (Å²) < 4.78 is 24.6. The van der Waals surface area contributed by atoms with Crippen LogP contribution in [0, 0.1) is 0 Å².